The van der Waals surface area contributed by atoms with E-state index in [-0.39, 0.29) is 0 Å². The van der Waals surface area contributed by atoms with Gasteiger partial charge in [0, 0.05) is 6.07 Å². The standard InChI is InChI=1S/C20H20N2O3/c1-13-9-10-17(14(2)11-13)22-19(12-15(3)21-22)25-20(23)16-7-5-6-8-18(16)24-4/h5-12H,1-4H3. The lowest BCUT2D eigenvalue weighted by Gasteiger charge is -2.12. The van der Waals surface area contributed by atoms with Crippen molar-refractivity contribution in [1.29, 1.82) is 0 Å². The zero-order valence-electron chi connectivity index (χ0n) is 14.7. The second-order valence-corrected chi connectivity index (χ2v) is 5.92. The van der Waals surface area contributed by atoms with Crippen molar-refractivity contribution in [2.75, 3.05) is 7.11 Å². The first-order valence-corrected chi connectivity index (χ1v) is 7.99. The van der Waals surface area contributed by atoms with E-state index in [1.807, 2.05) is 32.9 Å². The summed E-state index contributed by atoms with van der Waals surface area (Å²) in [7, 11) is 1.52. The predicted molar refractivity (Wildman–Crippen MR) is 95.7 cm³/mol. The van der Waals surface area contributed by atoms with Crippen LogP contribution in [0.2, 0.25) is 0 Å². The summed E-state index contributed by atoms with van der Waals surface area (Å²) in [5.41, 5.74) is 4.23. The van der Waals surface area contributed by atoms with Gasteiger partial charge in [-0.25, -0.2) is 9.48 Å². The number of hydrogen-bond acceptors (Lipinski definition) is 4. The Morgan fingerprint density at radius 3 is 2.52 bits per heavy atom. The van der Waals surface area contributed by atoms with Crippen LogP contribution < -0.4 is 9.47 Å². The first-order chi connectivity index (χ1) is 12.0. The van der Waals surface area contributed by atoms with Crippen LogP contribution in [-0.4, -0.2) is 22.9 Å². The summed E-state index contributed by atoms with van der Waals surface area (Å²) in [5, 5.41) is 4.47. The Bertz CT molecular complexity index is 928. The van der Waals surface area contributed by atoms with Gasteiger partial charge < -0.3 is 9.47 Å². The molecule has 0 aliphatic heterocycles. The molecule has 0 aliphatic carbocycles. The maximum Gasteiger partial charge on any atom is 0.348 e. The molecule has 0 N–H and O–H groups in total. The molecule has 0 spiro atoms. The Morgan fingerprint density at radius 2 is 1.80 bits per heavy atom. The van der Waals surface area contributed by atoms with Gasteiger partial charge in [0.25, 0.3) is 0 Å². The quantitative estimate of drug-likeness (QED) is 0.675. The lowest BCUT2D eigenvalue weighted by Crippen LogP contribution is -2.13. The molecule has 0 amide bonds. The third-order valence-electron chi connectivity index (χ3n) is 3.90. The van der Waals surface area contributed by atoms with Crippen molar-refractivity contribution in [2.45, 2.75) is 20.8 Å². The van der Waals surface area contributed by atoms with Crippen LogP contribution in [0.5, 0.6) is 11.6 Å². The number of rotatable bonds is 4. The second-order valence-electron chi connectivity index (χ2n) is 5.92. The molecular weight excluding hydrogens is 316 g/mol. The Labute approximate surface area is 146 Å². The number of ether oxygens (including phenoxy) is 2. The number of benzene rings is 2. The molecule has 3 rings (SSSR count). The summed E-state index contributed by atoms with van der Waals surface area (Å²) in [6.07, 6.45) is 0. The number of aromatic nitrogens is 2. The Balaban J connectivity index is 1.97. The van der Waals surface area contributed by atoms with Crippen LogP contribution in [0.3, 0.4) is 0 Å². The SMILES string of the molecule is COc1ccccc1C(=O)Oc1cc(C)nn1-c1ccc(C)cc1C. The molecule has 25 heavy (non-hydrogen) atoms. The largest absolute Gasteiger partial charge is 0.496 e. The molecule has 0 unspecified atom stereocenters. The van der Waals surface area contributed by atoms with Crippen LogP contribution in [-0.2, 0) is 0 Å². The van der Waals surface area contributed by atoms with Crippen LogP contribution >= 0.6 is 0 Å². The van der Waals surface area contributed by atoms with Gasteiger partial charge in [-0.3, -0.25) is 0 Å². The van der Waals surface area contributed by atoms with Crippen molar-refractivity contribution in [3.63, 3.8) is 0 Å². The second kappa shape index (κ2) is 6.81. The zero-order chi connectivity index (χ0) is 18.0. The molecule has 5 heteroatoms. The normalized spacial score (nSPS) is 10.6. The van der Waals surface area contributed by atoms with Crippen LogP contribution in [0.1, 0.15) is 27.2 Å². The molecule has 1 heterocycles. The van der Waals surface area contributed by atoms with Crippen molar-refractivity contribution in [3.05, 3.63) is 70.9 Å². The first kappa shape index (κ1) is 16.8. The number of carbonyl (C=O) groups excluding carboxylic acids is 1. The first-order valence-electron chi connectivity index (χ1n) is 7.99. The highest BCUT2D eigenvalue weighted by Gasteiger charge is 2.18. The number of esters is 1. The molecule has 5 nitrogen and oxygen atoms in total. The lowest BCUT2D eigenvalue weighted by atomic mass is 10.1. The van der Waals surface area contributed by atoms with E-state index < -0.39 is 5.97 Å². The van der Waals surface area contributed by atoms with E-state index in [0.717, 1.165) is 22.5 Å². The van der Waals surface area contributed by atoms with Crippen molar-refractivity contribution < 1.29 is 14.3 Å². The number of hydrogen-bond donors (Lipinski definition) is 0. The fourth-order valence-electron chi connectivity index (χ4n) is 2.73. The topological polar surface area (TPSA) is 53.4 Å². The molecule has 0 saturated heterocycles. The van der Waals surface area contributed by atoms with Gasteiger partial charge in [-0.2, -0.15) is 5.10 Å². The third-order valence-corrected chi connectivity index (χ3v) is 3.90. The van der Waals surface area contributed by atoms with E-state index >= 15 is 0 Å². The number of nitrogens with zero attached hydrogens (tertiary/aromatic N) is 2. The van der Waals surface area contributed by atoms with Gasteiger partial charge in [-0.15, -0.1) is 0 Å². The molecule has 0 bridgehead atoms. The average molecular weight is 336 g/mol. The number of carbonyl (C=O) groups is 1. The highest BCUT2D eigenvalue weighted by atomic mass is 16.5. The summed E-state index contributed by atoms with van der Waals surface area (Å²) in [6.45, 7) is 5.90. The number of methoxy groups -OCH3 is 1. The predicted octanol–water partition coefficient (Wildman–Crippen LogP) is 4.03. The molecule has 128 valence electrons. The van der Waals surface area contributed by atoms with Gasteiger partial charge in [0.1, 0.15) is 11.3 Å². The van der Waals surface area contributed by atoms with Crippen LogP contribution in [0.15, 0.2) is 48.5 Å². The minimum absolute atomic E-state index is 0.371. The summed E-state index contributed by atoms with van der Waals surface area (Å²) in [4.78, 5) is 12.6. The molecular formula is C20H20N2O3. The van der Waals surface area contributed by atoms with Gasteiger partial charge in [-0.05, 0) is 44.5 Å². The fraction of sp³-hybridized carbons (Fsp3) is 0.200. The van der Waals surface area contributed by atoms with E-state index in [1.165, 1.54) is 7.11 Å². The molecule has 0 aliphatic rings. The smallest absolute Gasteiger partial charge is 0.348 e. The van der Waals surface area contributed by atoms with Gasteiger partial charge in [0.2, 0.25) is 5.88 Å². The van der Waals surface area contributed by atoms with E-state index in [4.69, 9.17) is 9.47 Å². The van der Waals surface area contributed by atoms with E-state index in [1.54, 1.807) is 35.0 Å². The van der Waals surface area contributed by atoms with Crippen molar-refractivity contribution in [3.8, 4) is 17.3 Å². The monoisotopic (exact) mass is 336 g/mol. The van der Waals surface area contributed by atoms with Crippen molar-refractivity contribution in [2.24, 2.45) is 0 Å². The van der Waals surface area contributed by atoms with E-state index in [9.17, 15) is 4.79 Å². The van der Waals surface area contributed by atoms with Gasteiger partial charge in [0.05, 0.1) is 18.5 Å². The highest BCUT2D eigenvalue weighted by Crippen LogP contribution is 2.25. The fourth-order valence-corrected chi connectivity index (χ4v) is 2.73. The molecule has 0 atom stereocenters. The van der Waals surface area contributed by atoms with Crippen LogP contribution in [0.4, 0.5) is 0 Å². The molecule has 1 aromatic heterocycles. The highest BCUT2D eigenvalue weighted by molar-refractivity contribution is 5.93. The minimum atomic E-state index is -0.483. The average Bonchev–Trinajstić information content (AvgIpc) is 2.94. The van der Waals surface area contributed by atoms with Gasteiger partial charge in [-0.1, -0.05) is 29.8 Å². The van der Waals surface area contributed by atoms with Gasteiger partial charge in [0.15, 0.2) is 0 Å². The molecule has 0 saturated carbocycles. The molecule has 2 aromatic carbocycles. The zero-order valence-corrected chi connectivity index (χ0v) is 14.7. The summed E-state index contributed by atoms with van der Waals surface area (Å²) >= 11 is 0. The van der Waals surface area contributed by atoms with Crippen LogP contribution in [0.25, 0.3) is 5.69 Å². The summed E-state index contributed by atoms with van der Waals surface area (Å²) < 4.78 is 12.5. The lowest BCUT2D eigenvalue weighted by molar-refractivity contribution is 0.0719. The number of aryl methyl sites for hydroxylation is 3. The van der Waals surface area contributed by atoms with Crippen molar-refractivity contribution in [1.82, 2.24) is 9.78 Å². The Morgan fingerprint density at radius 1 is 1.04 bits per heavy atom. The maximum atomic E-state index is 12.6. The summed E-state index contributed by atoms with van der Waals surface area (Å²) in [6, 6.07) is 14.8. The Hall–Kier alpha value is -3.08. The summed E-state index contributed by atoms with van der Waals surface area (Å²) in [5.74, 6) is 0.366. The molecule has 0 fully saturated rings. The number of para-hydroxylation sites is 1. The Kier molecular flexibility index (Phi) is 4.57. The van der Waals surface area contributed by atoms with E-state index in [2.05, 4.69) is 11.2 Å². The van der Waals surface area contributed by atoms with Gasteiger partial charge >= 0.3 is 5.97 Å². The maximum absolute atomic E-state index is 12.6. The minimum Gasteiger partial charge on any atom is -0.496 e. The van der Waals surface area contributed by atoms with Crippen molar-refractivity contribution >= 4 is 5.97 Å². The van der Waals surface area contributed by atoms with Crippen LogP contribution in [0, 0.1) is 20.8 Å². The molecule has 3 aromatic rings. The third kappa shape index (κ3) is 3.40. The molecule has 0 radical (unpaired) electrons. The van der Waals surface area contributed by atoms with E-state index in [0.29, 0.717) is 17.2 Å².